The van der Waals surface area contributed by atoms with Gasteiger partial charge in [0.05, 0.1) is 23.9 Å². The van der Waals surface area contributed by atoms with Crippen molar-refractivity contribution in [2.45, 2.75) is 138 Å². The summed E-state index contributed by atoms with van der Waals surface area (Å²) in [5.41, 5.74) is -4.09. The van der Waals surface area contributed by atoms with Crippen LogP contribution >= 0.6 is 0 Å². The molecule has 5 aliphatic rings. The van der Waals surface area contributed by atoms with Gasteiger partial charge in [-0.2, -0.15) is 13.2 Å². The van der Waals surface area contributed by atoms with Gasteiger partial charge in [-0.05, 0) is 89.8 Å². The molecular weight excluding hydrogens is 784 g/mol. The van der Waals surface area contributed by atoms with Crippen molar-refractivity contribution < 1.29 is 55.0 Å². The summed E-state index contributed by atoms with van der Waals surface area (Å²) < 4.78 is 88.8. The van der Waals surface area contributed by atoms with E-state index in [0.29, 0.717) is 56.1 Å². The number of benzene rings is 1. The average molecular weight is 834 g/mol. The second-order valence-electron chi connectivity index (χ2n) is 16.7. The fourth-order valence-electron chi connectivity index (χ4n) is 8.27. The molecule has 3 aliphatic heterocycles. The zero-order valence-electron chi connectivity index (χ0n) is 33.0. The van der Waals surface area contributed by atoms with Gasteiger partial charge in [0.15, 0.2) is 11.4 Å². The van der Waals surface area contributed by atoms with E-state index in [1.165, 1.54) is 31.1 Å². The first-order valence-corrected chi connectivity index (χ1v) is 21.4. The van der Waals surface area contributed by atoms with Crippen LogP contribution < -0.4 is 24.8 Å². The number of methoxy groups -OCH3 is 1. The van der Waals surface area contributed by atoms with Gasteiger partial charge < -0.3 is 29.7 Å². The lowest BCUT2D eigenvalue weighted by Gasteiger charge is -2.37. The van der Waals surface area contributed by atoms with Gasteiger partial charge in [0.25, 0.3) is 5.91 Å². The minimum absolute atomic E-state index is 0.0692. The summed E-state index contributed by atoms with van der Waals surface area (Å²) in [5.74, 6) is -3.06. The number of amides is 4. The number of nitrogens with zero attached hydrogens (tertiary/aromatic N) is 2. The highest BCUT2D eigenvalue weighted by Gasteiger charge is 2.64. The Bertz CT molecular complexity index is 2140. The molecule has 1 aromatic carbocycles. The molecule has 7 rings (SSSR count). The Labute approximate surface area is 335 Å². The quantitative estimate of drug-likeness (QED) is 0.313. The molecule has 6 atom stereocenters. The fraction of sp³-hybridized carbons (Fsp3) is 0.625. The molecule has 14 nitrogen and oxygen atoms in total. The maximum Gasteiger partial charge on any atom is 0.437 e. The summed E-state index contributed by atoms with van der Waals surface area (Å²) in [6.45, 7) is 4.73. The van der Waals surface area contributed by atoms with Crippen molar-refractivity contribution >= 4 is 44.7 Å². The van der Waals surface area contributed by atoms with Gasteiger partial charge in [-0.25, -0.2) is 18.2 Å². The van der Waals surface area contributed by atoms with Gasteiger partial charge in [0.1, 0.15) is 35.1 Å². The number of halogens is 3. The summed E-state index contributed by atoms with van der Waals surface area (Å²) in [7, 11) is -2.66. The van der Waals surface area contributed by atoms with E-state index >= 15 is 0 Å². The predicted octanol–water partition coefficient (Wildman–Crippen LogP) is 5.21. The van der Waals surface area contributed by atoms with E-state index < -0.39 is 91.5 Å². The molecule has 0 unspecified atom stereocenters. The highest BCUT2D eigenvalue weighted by atomic mass is 32.2. The van der Waals surface area contributed by atoms with E-state index in [-0.39, 0.29) is 49.7 Å². The highest BCUT2D eigenvalue weighted by Crippen LogP contribution is 2.50. The van der Waals surface area contributed by atoms with Crippen molar-refractivity contribution in [3.63, 3.8) is 0 Å². The van der Waals surface area contributed by atoms with Gasteiger partial charge >= 0.3 is 12.3 Å². The number of allylic oxidation sites excluding steroid dienone is 1. The normalized spacial score (nSPS) is 29.3. The molecule has 18 heteroatoms. The van der Waals surface area contributed by atoms with Crippen LogP contribution in [0.5, 0.6) is 11.5 Å². The molecule has 2 saturated carbocycles. The Hall–Kier alpha value is -4.61. The third-order valence-electron chi connectivity index (χ3n) is 12.5. The number of rotatable bonds is 7. The summed E-state index contributed by atoms with van der Waals surface area (Å²) in [4.78, 5) is 61.5. The van der Waals surface area contributed by atoms with Gasteiger partial charge in [0, 0.05) is 23.3 Å². The van der Waals surface area contributed by atoms with E-state index in [1.807, 2.05) is 13.0 Å². The second-order valence-corrected chi connectivity index (χ2v) is 18.9. The van der Waals surface area contributed by atoms with Crippen LogP contribution in [0.15, 0.2) is 30.4 Å². The lowest BCUT2D eigenvalue weighted by Crippen LogP contribution is -2.58. The van der Waals surface area contributed by atoms with Crippen LogP contribution in [0, 0.1) is 5.92 Å². The molecule has 316 valence electrons. The number of sulfonamides is 1. The zero-order chi connectivity index (χ0) is 41.8. The van der Waals surface area contributed by atoms with Gasteiger partial charge in [-0.1, -0.05) is 31.9 Å². The predicted molar refractivity (Wildman–Crippen MR) is 204 cm³/mol. The van der Waals surface area contributed by atoms with Crippen LogP contribution in [0.1, 0.15) is 103 Å². The van der Waals surface area contributed by atoms with Crippen molar-refractivity contribution in [2.24, 2.45) is 5.92 Å². The Balaban J connectivity index is 1.27. The van der Waals surface area contributed by atoms with Gasteiger partial charge in [0.2, 0.25) is 21.8 Å². The number of alkyl halides is 3. The van der Waals surface area contributed by atoms with E-state index in [9.17, 15) is 40.8 Å². The molecule has 58 heavy (non-hydrogen) atoms. The smallest absolute Gasteiger partial charge is 0.437 e. The average Bonchev–Trinajstić information content (AvgIpc) is 4.06. The molecule has 4 amide bonds. The molecule has 4 heterocycles. The van der Waals surface area contributed by atoms with E-state index in [4.69, 9.17) is 14.2 Å². The van der Waals surface area contributed by atoms with Crippen molar-refractivity contribution in [3.05, 3.63) is 41.6 Å². The Morgan fingerprint density at radius 3 is 2.59 bits per heavy atom. The van der Waals surface area contributed by atoms with Crippen LogP contribution in [0.3, 0.4) is 0 Å². The first kappa shape index (κ1) is 41.5. The summed E-state index contributed by atoms with van der Waals surface area (Å²) in [6.07, 6.45) is 1.38. The third-order valence-corrected chi connectivity index (χ3v) is 14.6. The zero-order valence-corrected chi connectivity index (χ0v) is 33.8. The SMILES string of the molecule is CC[C@@H](C)OC(=O)N[C@H]1CCCCC/C=C\[C@@H]2C[C@@]2(C(=O)NS(=O)(=O)C2(C)CC2)NC(=O)[C@@H]2C[C@]3(CCc4c(c(C(F)(F)F)nc5ccc(OC)cc45)O3)CN2C1=O. The van der Waals surface area contributed by atoms with Crippen LogP contribution in [-0.2, 0) is 41.7 Å². The lowest BCUT2D eigenvalue weighted by atomic mass is 9.87. The molecule has 1 spiro atoms. The van der Waals surface area contributed by atoms with E-state index in [2.05, 4.69) is 20.3 Å². The second kappa shape index (κ2) is 15.2. The van der Waals surface area contributed by atoms with Gasteiger partial charge in [-0.3, -0.25) is 19.1 Å². The summed E-state index contributed by atoms with van der Waals surface area (Å²) >= 11 is 0. The molecule has 1 saturated heterocycles. The topological polar surface area (TPSA) is 182 Å². The van der Waals surface area contributed by atoms with Gasteiger partial charge in [-0.15, -0.1) is 0 Å². The number of fused-ring (bicyclic) bond motifs is 5. The molecule has 1 aromatic heterocycles. The van der Waals surface area contributed by atoms with Crippen LogP contribution in [0.25, 0.3) is 10.9 Å². The largest absolute Gasteiger partial charge is 0.497 e. The minimum atomic E-state index is -4.93. The van der Waals surface area contributed by atoms with E-state index in [0.717, 1.165) is 0 Å². The van der Waals surface area contributed by atoms with Crippen molar-refractivity contribution in [3.8, 4) is 11.5 Å². The first-order valence-electron chi connectivity index (χ1n) is 19.9. The van der Waals surface area contributed by atoms with Crippen molar-refractivity contribution in [1.82, 2.24) is 25.2 Å². The molecule has 0 bridgehead atoms. The van der Waals surface area contributed by atoms with Crippen molar-refractivity contribution in [2.75, 3.05) is 13.7 Å². The summed E-state index contributed by atoms with van der Waals surface area (Å²) in [6, 6.07) is 1.98. The maximum absolute atomic E-state index is 14.7. The maximum atomic E-state index is 14.7. The number of aryl methyl sites for hydroxylation is 1. The molecular formula is C40H50F3N5O9S. The number of alkyl carbamates (subject to hydrolysis) is 1. The number of hydrogen-bond acceptors (Lipinski definition) is 10. The monoisotopic (exact) mass is 833 g/mol. The number of pyridine rings is 1. The molecule has 2 aromatic rings. The molecule has 2 aliphatic carbocycles. The number of aromatic nitrogens is 1. The number of carbonyl (C=O) groups excluding carboxylic acids is 4. The number of carbonyl (C=O) groups is 4. The van der Waals surface area contributed by atoms with Crippen LogP contribution in [0.4, 0.5) is 18.0 Å². The van der Waals surface area contributed by atoms with Crippen LogP contribution in [0.2, 0.25) is 0 Å². The molecule has 3 fully saturated rings. The Kier molecular flexibility index (Phi) is 10.9. The Morgan fingerprint density at radius 1 is 1.14 bits per heavy atom. The standard InChI is InChI=1S/C40H50F3N5O9S/c1-5-23(2)56-36(52)45-29-12-10-8-6-7-9-11-24-20-39(24,35(51)47-58(53,54)37(3)17-18-37)46-33(49)30-21-38(22-48(30)34(29)50)16-15-26-27-19-25(55-4)13-14-28(27)44-32(31(26)57-38)40(41,42)43/h9,11,13-14,19,23-24,29-30H,5-8,10,12,15-18,20-22H2,1-4H3,(H,45,52)(H,46,49)(H,47,51)/b11-9-/t23-,24-,29+,30+,38-,39-/m1/s1. The number of ether oxygens (including phenoxy) is 3. The van der Waals surface area contributed by atoms with E-state index in [1.54, 1.807) is 19.1 Å². The minimum Gasteiger partial charge on any atom is -0.497 e. The fourth-order valence-corrected chi connectivity index (χ4v) is 9.58. The third kappa shape index (κ3) is 7.92. The summed E-state index contributed by atoms with van der Waals surface area (Å²) in [5, 5.41) is 5.86. The first-order chi connectivity index (χ1) is 27.3. The Morgan fingerprint density at radius 2 is 1.90 bits per heavy atom. The number of nitrogens with one attached hydrogen (secondary N) is 3. The number of hydrogen-bond donors (Lipinski definition) is 3. The molecule has 3 N–H and O–H groups in total. The van der Waals surface area contributed by atoms with Crippen LogP contribution in [-0.4, -0.2) is 89.8 Å². The lowest BCUT2D eigenvalue weighted by molar-refractivity contribution is -0.144. The molecule has 0 radical (unpaired) electrons. The van der Waals surface area contributed by atoms with Crippen molar-refractivity contribution in [1.29, 1.82) is 0 Å². The highest BCUT2D eigenvalue weighted by molar-refractivity contribution is 7.91.